The molecule has 0 aromatic rings. The van der Waals surface area contributed by atoms with Gasteiger partial charge in [0.1, 0.15) is 0 Å². The average Bonchev–Trinajstić information content (AvgIpc) is 2.22. The van der Waals surface area contributed by atoms with E-state index in [0.29, 0.717) is 0 Å². The molecule has 2 unspecified atom stereocenters. The molecule has 2 heterocycles. The van der Waals surface area contributed by atoms with Crippen molar-refractivity contribution in [1.82, 2.24) is 10.2 Å². The highest BCUT2D eigenvalue weighted by Crippen LogP contribution is 2.19. The summed E-state index contributed by atoms with van der Waals surface area (Å²) in [5, 5.41) is 3.54. The van der Waals surface area contributed by atoms with Crippen molar-refractivity contribution in [2.75, 3.05) is 13.1 Å². The Morgan fingerprint density at radius 1 is 1.56 bits per heavy atom. The molecule has 2 aliphatic rings. The van der Waals surface area contributed by atoms with Crippen molar-refractivity contribution < 1.29 is 0 Å². The Balaban J connectivity index is 2.02. The monoisotopic (exact) mass is 126 g/mol. The van der Waals surface area contributed by atoms with Crippen LogP contribution in [0.25, 0.3) is 0 Å². The molecular formula is C7H14N2. The van der Waals surface area contributed by atoms with E-state index in [1.54, 1.807) is 0 Å². The molecule has 1 N–H and O–H groups in total. The molecule has 0 bridgehead atoms. The lowest BCUT2D eigenvalue weighted by atomic mass is 10.3. The van der Waals surface area contributed by atoms with E-state index >= 15 is 0 Å². The molecule has 9 heavy (non-hydrogen) atoms. The maximum atomic E-state index is 3.54. The molecule has 0 aliphatic carbocycles. The normalized spacial score (nSPS) is 43.7. The first kappa shape index (κ1) is 5.69. The minimum absolute atomic E-state index is 0.732. The quantitative estimate of drug-likeness (QED) is 0.505. The van der Waals surface area contributed by atoms with Crippen LogP contribution in [0.5, 0.6) is 0 Å². The number of nitrogens with one attached hydrogen (secondary N) is 1. The summed E-state index contributed by atoms with van der Waals surface area (Å²) in [5.74, 6) is 0. The Morgan fingerprint density at radius 2 is 2.44 bits per heavy atom. The molecule has 52 valence electrons. The van der Waals surface area contributed by atoms with E-state index in [4.69, 9.17) is 0 Å². The number of rotatable bonds is 0. The maximum Gasteiger partial charge on any atom is 0.0600 e. The van der Waals surface area contributed by atoms with Crippen LogP contribution in [0.2, 0.25) is 0 Å². The Hall–Kier alpha value is -0.0800. The summed E-state index contributed by atoms with van der Waals surface area (Å²) in [5.41, 5.74) is 0. The Kier molecular flexibility index (Phi) is 1.24. The van der Waals surface area contributed by atoms with Crippen molar-refractivity contribution in [2.24, 2.45) is 0 Å². The molecular weight excluding hydrogens is 112 g/mol. The molecule has 0 aromatic heterocycles. The molecule has 2 heteroatoms. The highest BCUT2D eigenvalue weighted by atomic mass is 15.4. The second-order valence-electron chi connectivity index (χ2n) is 3.22. The van der Waals surface area contributed by atoms with E-state index in [9.17, 15) is 0 Å². The maximum absolute atomic E-state index is 3.54. The molecule has 0 aromatic carbocycles. The van der Waals surface area contributed by atoms with E-state index in [1.165, 1.54) is 25.9 Å². The highest BCUT2D eigenvalue weighted by Gasteiger charge is 2.31. The van der Waals surface area contributed by atoms with Crippen LogP contribution in [0.15, 0.2) is 0 Å². The van der Waals surface area contributed by atoms with Crippen molar-refractivity contribution in [3.05, 3.63) is 0 Å². The molecule has 2 aliphatic heterocycles. The van der Waals surface area contributed by atoms with Gasteiger partial charge in [-0.2, -0.15) is 0 Å². The van der Waals surface area contributed by atoms with Crippen LogP contribution in [0, 0.1) is 0 Å². The summed E-state index contributed by atoms with van der Waals surface area (Å²) >= 11 is 0. The second kappa shape index (κ2) is 1.96. The fourth-order valence-electron chi connectivity index (χ4n) is 1.97. The number of hydrogen-bond donors (Lipinski definition) is 1. The first-order chi connectivity index (χ1) is 4.36. The molecule has 2 saturated heterocycles. The molecule has 2 nitrogen and oxygen atoms in total. The number of fused-ring (bicyclic) bond motifs is 1. The molecule has 0 saturated carbocycles. The van der Waals surface area contributed by atoms with Crippen LogP contribution in [0.4, 0.5) is 0 Å². The molecule has 0 amide bonds. The average molecular weight is 126 g/mol. The van der Waals surface area contributed by atoms with E-state index in [2.05, 4.69) is 17.1 Å². The third-order valence-corrected chi connectivity index (χ3v) is 2.35. The van der Waals surface area contributed by atoms with Crippen LogP contribution >= 0.6 is 0 Å². The Bertz CT molecular complexity index is 101. The molecule has 0 radical (unpaired) electrons. The number of nitrogens with zero attached hydrogens (tertiary/aromatic N) is 1. The van der Waals surface area contributed by atoms with Crippen molar-refractivity contribution in [3.63, 3.8) is 0 Å². The van der Waals surface area contributed by atoms with E-state index in [0.717, 1.165) is 12.2 Å². The minimum atomic E-state index is 0.732. The van der Waals surface area contributed by atoms with Crippen molar-refractivity contribution in [1.29, 1.82) is 0 Å². The van der Waals surface area contributed by atoms with Gasteiger partial charge in [0.15, 0.2) is 0 Å². The van der Waals surface area contributed by atoms with Gasteiger partial charge in [0.05, 0.1) is 6.17 Å². The van der Waals surface area contributed by atoms with Gasteiger partial charge in [-0.05, 0) is 26.3 Å². The van der Waals surface area contributed by atoms with Gasteiger partial charge in [-0.3, -0.25) is 10.2 Å². The fourth-order valence-corrected chi connectivity index (χ4v) is 1.97. The standard InChI is InChI=1S/C7H14N2/c1-6-5-9-4-2-3-7(9)8-6/h6-8H,2-5H2,1H3. The third kappa shape index (κ3) is 0.864. The summed E-state index contributed by atoms with van der Waals surface area (Å²) in [4.78, 5) is 2.55. The predicted molar refractivity (Wildman–Crippen MR) is 37.2 cm³/mol. The van der Waals surface area contributed by atoms with E-state index in [1.807, 2.05) is 0 Å². The molecule has 2 rings (SSSR count). The summed E-state index contributed by atoms with van der Waals surface area (Å²) in [6.45, 7) is 4.85. The fraction of sp³-hybridized carbons (Fsp3) is 1.00. The van der Waals surface area contributed by atoms with Crippen LogP contribution in [-0.2, 0) is 0 Å². The third-order valence-electron chi connectivity index (χ3n) is 2.35. The SMILES string of the molecule is CC1CN2CCCC2N1. The van der Waals surface area contributed by atoms with Crippen LogP contribution in [0.1, 0.15) is 19.8 Å². The summed E-state index contributed by atoms with van der Waals surface area (Å²) < 4.78 is 0. The zero-order chi connectivity index (χ0) is 6.27. The lowest BCUT2D eigenvalue weighted by Gasteiger charge is -2.11. The lowest BCUT2D eigenvalue weighted by Crippen LogP contribution is -2.30. The Morgan fingerprint density at radius 3 is 3.22 bits per heavy atom. The van der Waals surface area contributed by atoms with Crippen molar-refractivity contribution in [2.45, 2.75) is 32.0 Å². The van der Waals surface area contributed by atoms with Gasteiger partial charge in [-0.15, -0.1) is 0 Å². The second-order valence-corrected chi connectivity index (χ2v) is 3.22. The molecule has 0 spiro atoms. The van der Waals surface area contributed by atoms with Gasteiger partial charge in [0, 0.05) is 12.6 Å². The molecule has 2 fully saturated rings. The number of hydrogen-bond acceptors (Lipinski definition) is 2. The van der Waals surface area contributed by atoms with Gasteiger partial charge in [-0.1, -0.05) is 0 Å². The van der Waals surface area contributed by atoms with Gasteiger partial charge in [-0.25, -0.2) is 0 Å². The van der Waals surface area contributed by atoms with Crippen molar-refractivity contribution in [3.8, 4) is 0 Å². The summed E-state index contributed by atoms with van der Waals surface area (Å²) in [6, 6.07) is 0.732. The van der Waals surface area contributed by atoms with E-state index in [-0.39, 0.29) is 0 Å². The van der Waals surface area contributed by atoms with E-state index < -0.39 is 0 Å². The van der Waals surface area contributed by atoms with Crippen LogP contribution in [-0.4, -0.2) is 30.2 Å². The first-order valence-corrected chi connectivity index (χ1v) is 3.86. The first-order valence-electron chi connectivity index (χ1n) is 3.86. The minimum Gasteiger partial charge on any atom is -0.298 e. The summed E-state index contributed by atoms with van der Waals surface area (Å²) in [6.07, 6.45) is 3.49. The van der Waals surface area contributed by atoms with Crippen molar-refractivity contribution >= 4 is 0 Å². The highest BCUT2D eigenvalue weighted by molar-refractivity contribution is 4.87. The zero-order valence-corrected chi connectivity index (χ0v) is 5.93. The lowest BCUT2D eigenvalue weighted by molar-refractivity contribution is 0.311. The molecule has 2 atom stereocenters. The largest absolute Gasteiger partial charge is 0.298 e. The topological polar surface area (TPSA) is 15.3 Å². The predicted octanol–water partition coefficient (Wildman–Crippen LogP) is 0.400. The van der Waals surface area contributed by atoms with Crippen LogP contribution in [0.3, 0.4) is 0 Å². The van der Waals surface area contributed by atoms with Gasteiger partial charge >= 0.3 is 0 Å². The zero-order valence-electron chi connectivity index (χ0n) is 5.93. The smallest absolute Gasteiger partial charge is 0.0600 e. The van der Waals surface area contributed by atoms with Crippen LogP contribution < -0.4 is 5.32 Å². The van der Waals surface area contributed by atoms with Gasteiger partial charge < -0.3 is 0 Å². The Labute approximate surface area is 56.2 Å². The van der Waals surface area contributed by atoms with Gasteiger partial charge in [0.25, 0.3) is 0 Å². The van der Waals surface area contributed by atoms with Gasteiger partial charge in [0.2, 0.25) is 0 Å². The summed E-state index contributed by atoms with van der Waals surface area (Å²) in [7, 11) is 0.